The van der Waals surface area contributed by atoms with E-state index in [9.17, 15) is 14.4 Å². The standard InChI is InChI=1S/C32H33FN4O6/c33-27-9-6-23-15-26(27)32(40)35-28-17-36(19-31(39)37-10-12-41-13-11-37)18-29(28)43-24-7-4-21(5-8-24)16-34-30(38)20-42-25-3-1-2-22(23)14-25/h1-9,14-15,28-29H,10-13,16-20H2,(H,34,38)(H,35,40)/t28-,29-/m0/s1. The van der Waals surface area contributed by atoms with Crippen LogP contribution in [-0.2, 0) is 20.9 Å². The second kappa shape index (κ2) is 12.8. The van der Waals surface area contributed by atoms with Crippen LogP contribution < -0.4 is 20.1 Å². The minimum Gasteiger partial charge on any atom is -0.487 e. The van der Waals surface area contributed by atoms with Gasteiger partial charge in [0, 0.05) is 32.7 Å². The topological polar surface area (TPSA) is 109 Å². The molecule has 0 radical (unpaired) electrons. The average Bonchev–Trinajstić information content (AvgIpc) is 3.39. The molecule has 3 aromatic carbocycles. The zero-order chi connectivity index (χ0) is 29.8. The van der Waals surface area contributed by atoms with Crippen LogP contribution in [0.3, 0.4) is 0 Å². The number of carbonyl (C=O) groups is 3. The molecule has 4 heterocycles. The van der Waals surface area contributed by atoms with Gasteiger partial charge in [0.2, 0.25) is 5.91 Å². The average molecular weight is 589 g/mol. The first-order chi connectivity index (χ1) is 20.9. The van der Waals surface area contributed by atoms with Crippen LogP contribution in [0.2, 0.25) is 0 Å². The number of hydrogen-bond acceptors (Lipinski definition) is 7. The summed E-state index contributed by atoms with van der Waals surface area (Å²) in [7, 11) is 0. The number of nitrogens with one attached hydrogen (secondary N) is 2. The quantitative estimate of drug-likeness (QED) is 0.473. The summed E-state index contributed by atoms with van der Waals surface area (Å²) in [6.07, 6.45) is -0.488. The molecule has 3 amide bonds. The molecule has 224 valence electrons. The maximum atomic E-state index is 15.0. The number of benzene rings is 3. The molecule has 2 atom stereocenters. The molecule has 10 nitrogen and oxygen atoms in total. The summed E-state index contributed by atoms with van der Waals surface area (Å²) in [5, 5.41) is 5.82. The number of hydrogen-bond donors (Lipinski definition) is 2. The van der Waals surface area contributed by atoms with Crippen LogP contribution in [0.5, 0.6) is 11.5 Å². The molecule has 3 aromatic rings. The van der Waals surface area contributed by atoms with Crippen molar-refractivity contribution in [3.8, 4) is 22.6 Å². The number of nitrogens with zero attached hydrogens (tertiary/aromatic N) is 2. The summed E-state index contributed by atoms with van der Waals surface area (Å²) in [5.41, 5.74) is 2.09. The molecule has 2 fully saturated rings. The van der Waals surface area contributed by atoms with Crippen molar-refractivity contribution in [1.29, 1.82) is 0 Å². The van der Waals surface area contributed by atoms with Gasteiger partial charge in [0.25, 0.3) is 11.8 Å². The Bertz CT molecular complexity index is 1490. The zero-order valence-electron chi connectivity index (χ0n) is 23.6. The van der Waals surface area contributed by atoms with Gasteiger partial charge in [-0.1, -0.05) is 30.3 Å². The van der Waals surface area contributed by atoms with E-state index in [1.54, 1.807) is 41.3 Å². The van der Waals surface area contributed by atoms with E-state index in [2.05, 4.69) is 10.6 Å². The second-order valence-electron chi connectivity index (χ2n) is 10.9. The van der Waals surface area contributed by atoms with Crippen LogP contribution in [0.1, 0.15) is 15.9 Å². The Labute approximate surface area is 248 Å². The molecular formula is C32H33FN4O6. The Kier molecular flexibility index (Phi) is 8.52. The zero-order valence-corrected chi connectivity index (χ0v) is 23.6. The van der Waals surface area contributed by atoms with Gasteiger partial charge in [0.1, 0.15) is 23.4 Å². The van der Waals surface area contributed by atoms with Crippen molar-refractivity contribution < 1.29 is 33.0 Å². The summed E-state index contributed by atoms with van der Waals surface area (Å²) in [5.74, 6) is -0.473. The number of rotatable bonds is 2. The van der Waals surface area contributed by atoms with E-state index in [0.717, 1.165) is 5.56 Å². The van der Waals surface area contributed by atoms with Crippen LogP contribution in [0, 0.1) is 5.82 Å². The molecule has 6 bridgehead atoms. The molecule has 0 unspecified atom stereocenters. The number of amides is 3. The van der Waals surface area contributed by atoms with Crippen molar-refractivity contribution in [3.05, 3.63) is 83.7 Å². The smallest absolute Gasteiger partial charge is 0.258 e. The lowest BCUT2D eigenvalue weighted by atomic mass is 10.0. The van der Waals surface area contributed by atoms with Gasteiger partial charge in [-0.25, -0.2) is 4.39 Å². The lowest BCUT2D eigenvalue weighted by Crippen LogP contribution is -2.46. The Morgan fingerprint density at radius 3 is 2.53 bits per heavy atom. The molecule has 2 saturated heterocycles. The highest BCUT2D eigenvalue weighted by Gasteiger charge is 2.37. The van der Waals surface area contributed by atoms with E-state index in [4.69, 9.17) is 14.2 Å². The molecule has 2 N–H and O–H groups in total. The van der Waals surface area contributed by atoms with Gasteiger partial charge in [-0.05, 0) is 53.1 Å². The van der Waals surface area contributed by atoms with Crippen LogP contribution in [0.25, 0.3) is 11.1 Å². The normalized spacial score (nSPS) is 21.2. The largest absolute Gasteiger partial charge is 0.487 e. The highest BCUT2D eigenvalue weighted by Crippen LogP contribution is 2.27. The van der Waals surface area contributed by atoms with Crippen molar-refractivity contribution in [3.63, 3.8) is 0 Å². The first kappa shape index (κ1) is 28.6. The second-order valence-corrected chi connectivity index (χ2v) is 10.9. The van der Waals surface area contributed by atoms with Gasteiger partial charge >= 0.3 is 0 Å². The minimum absolute atomic E-state index is 0.0114. The maximum Gasteiger partial charge on any atom is 0.258 e. The van der Waals surface area contributed by atoms with E-state index < -0.39 is 23.9 Å². The number of ether oxygens (including phenoxy) is 3. The first-order valence-corrected chi connectivity index (χ1v) is 14.3. The van der Waals surface area contributed by atoms with Crippen molar-refractivity contribution in [2.24, 2.45) is 0 Å². The molecule has 0 saturated carbocycles. The molecule has 0 aliphatic carbocycles. The third kappa shape index (κ3) is 6.95. The minimum atomic E-state index is -0.655. The van der Waals surface area contributed by atoms with Crippen molar-refractivity contribution >= 4 is 17.7 Å². The fourth-order valence-corrected chi connectivity index (χ4v) is 5.49. The van der Waals surface area contributed by atoms with E-state index >= 15 is 4.39 Å². The van der Waals surface area contributed by atoms with E-state index in [1.807, 2.05) is 23.1 Å². The van der Waals surface area contributed by atoms with Gasteiger partial charge in [0.05, 0.1) is 31.4 Å². The van der Waals surface area contributed by atoms with Gasteiger partial charge in [-0.3, -0.25) is 19.3 Å². The highest BCUT2D eigenvalue weighted by atomic mass is 19.1. The Morgan fingerprint density at radius 1 is 0.930 bits per heavy atom. The van der Waals surface area contributed by atoms with Crippen LogP contribution in [-0.4, -0.2) is 92.2 Å². The van der Waals surface area contributed by atoms with E-state index in [0.29, 0.717) is 68.6 Å². The van der Waals surface area contributed by atoms with Crippen LogP contribution in [0.4, 0.5) is 4.39 Å². The Hall–Kier alpha value is -4.48. The number of carbonyl (C=O) groups excluding carboxylic acids is 3. The molecule has 4 aliphatic rings. The van der Waals surface area contributed by atoms with Crippen LogP contribution >= 0.6 is 0 Å². The van der Waals surface area contributed by atoms with Crippen molar-refractivity contribution in [2.75, 3.05) is 52.5 Å². The summed E-state index contributed by atoms with van der Waals surface area (Å²) >= 11 is 0. The van der Waals surface area contributed by atoms with Gasteiger partial charge in [-0.2, -0.15) is 0 Å². The monoisotopic (exact) mass is 588 g/mol. The Morgan fingerprint density at radius 2 is 1.72 bits per heavy atom. The summed E-state index contributed by atoms with van der Waals surface area (Å²) in [6, 6.07) is 18.2. The van der Waals surface area contributed by atoms with Crippen molar-refractivity contribution in [2.45, 2.75) is 18.7 Å². The molecule has 7 rings (SSSR count). The first-order valence-electron chi connectivity index (χ1n) is 14.3. The van der Waals surface area contributed by atoms with E-state index in [-0.39, 0.29) is 30.5 Å². The highest BCUT2D eigenvalue weighted by molar-refractivity contribution is 5.96. The number of morpholine rings is 1. The van der Waals surface area contributed by atoms with E-state index in [1.165, 1.54) is 12.1 Å². The fourth-order valence-electron chi connectivity index (χ4n) is 5.49. The molecule has 0 aromatic heterocycles. The van der Waals surface area contributed by atoms with Gasteiger partial charge in [-0.15, -0.1) is 0 Å². The number of halogens is 1. The predicted molar refractivity (Wildman–Crippen MR) is 155 cm³/mol. The third-order valence-electron chi connectivity index (χ3n) is 7.83. The van der Waals surface area contributed by atoms with Crippen molar-refractivity contribution in [1.82, 2.24) is 20.4 Å². The lowest BCUT2D eigenvalue weighted by Gasteiger charge is -2.28. The third-order valence-corrected chi connectivity index (χ3v) is 7.83. The van der Waals surface area contributed by atoms with Crippen LogP contribution in [0.15, 0.2) is 66.7 Å². The molecule has 0 spiro atoms. The summed E-state index contributed by atoms with van der Waals surface area (Å²) in [6.45, 7) is 3.19. The van der Waals surface area contributed by atoms with Gasteiger partial charge in [0.15, 0.2) is 6.61 Å². The SMILES string of the molecule is O=C1COc2cccc(c2)-c2ccc(F)c(c2)C(=O)N[C@H]2CN(CC(=O)N3CCOCC3)C[C@@H]2Oc2ccc(cc2)CN1. The summed E-state index contributed by atoms with van der Waals surface area (Å²) < 4.78 is 32.4. The molecular weight excluding hydrogens is 555 g/mol. The number of likely N-dealkylation sites (tertiary alicyclic amines) is 1. The summed E-state index contributed by atoms with van der Waals surface area (Å²) in [4.78, 5) is 42.6. The predicted octanol–water partition coefficient (Wildman–Crippen LogP) is 2.22. The molecule has 4 aliphatic heterocycles. The number of fused-ring (bicyclic) bond motifs is 7. The Balaban J connectivity index is 1.28. The maximum absolute atomic E-state index is 15.0. The fraction of sp³-hybridized carbons (Fsp3) is 0.344. The van der Waals surface area contributed by atoms with Gasteiger partial charge < -0.3 is 29.7 Å². The molecule has 43 heavy (non-hydrogen) atoms. The lowest BCUT2D eigenvalue weighted by molar-refractivity contribution is -0.136. The molecule has 11 heteroatoms.